The molecule has 2 fully saturated rings. The minimum Gasteiger partial charge on any atom is -0.446 e. The number of piperidine rings is 1. The van der Waals surface area contributed by atoms with Crippen LogP contribution in [0.4, 0.5) is 15.3 Å². The Morgan fingerprint density at radius 3 is 2.65 bits per heavy atom. The molecule has 2 bridgehead atoms. The van der Waals surface area contributed by atoms with Gasteiger partial charge in [-0.25, -0.2) is 14.5 Å². The van der Waals surface area contributed by atoms with Gasteiger partial charge in [-0.15, -0.1) is 0 Å². The van der Waals surface area contributed by atoms with E-state index in [1.807, 2.05) is 24.3 Å². The van der Waals surface area contributed by atoms with E-state index in [0.29, 0.717) is 12.1 Å². The molecule has 3 aliphatic heterocycles. The Bertz CT molecular complexity index is 634. The molecule has 0 unspecified atom stereocenters. The zero-order valence-corrected chi connectivity index (χ0v) is 13.2. The van der Waals surface area contributed by atoms with E-state index in [2.05, 4.69) is 17.3 Å². The molecule has 0 aliphatic carbocycles. The molecule has 0 saturated carbocycles. The molecule has 4 rings (SSSR count). The lowest BCUT2D eigenvalue weighted by Gasteiger charge is -2.36. The Balaban J connectivity index is 1.43. The average Bonchev–Trinajstić information content (AvgIpc) is 2.75. The summed E-state index contributed by atoms with van der Waals surface area (Å²) < 4.78 is 5.64. The van der Waals surface area contributed by atoms with Crippen LogP contribution in [-0.2, 0) is 11.3 Å². The number of benzene rings is 1. The molecule has 23 heavy (non-hydrogen) atoms. The van der Waals surface area contributed by atoms with Crippen LogP contribution in [0.25, 0.3) is 0 Å². The van der Waals surface area contributed by atoms with Gasteiger partial charge in [0.25, 0.3) is 0 Å². The second-order valence-corrected chi connectivity index (χ2v) is 6.70. The van der Waals surface area contributed by atoms with Crippen LogP contribution in [0, 0.1) is 0 Å². The lowest BCUT2D eigenvalue weighted by molar-refractivity contribution is 0.0153. The topological polar surface area (TPSA) is 61.9 Å². The summed E-state index contributed by atoms with van der Waals surface area (Å²) in [4.78, 5) is 28.1. The van der Waals surface area contributed by atoms with Crippen LogP contribution < -0.4 is 5.32 Å². The van der Waals surface area contributed by atoms with Crippen LogP contribution in [0.1, 0.15) is 31.2 Å². The van der Waals surface area contributed by atoms with Gasteiger partial charge in [-0.05, 0) is 31.5 Å². The van der Waals surface area contributed by atoms with Gasteiger partial charge in [0, 0.05) is 30.6 Å². The summed E-state index contributed by atoms with van der Waals surface area (Å²) in [5.74, 6) is 0. The maximum absolute atomic E-state index is 12.4. The molecule has 2 saturated heterocycles. The summed E-state index contributed by atoms with van der Waals surface area (Å²) >= 11 is 0. The Hall–Kier alpha value is -2.08. The molecular weight excluding hydrogens is 294 g/mol. The third-order valence-electron chi connectivity index (χ3n) is 5.38. The van der Waals surface area contributed by atoms with Crippen molar-refractivity contribution in [3.63, 3.8) is 0 Å². The molecule has 0 radical (unpaired) electrons. The van der Waals surface area contributed by atoms with Crippen molar-refractivity contribution in [2.75, 3.05) is 12.4 Å². The number of nitrogens with zero attached hydrogens (tertiary/aromatic N) is 2. The van der Waals surface area contributed by atoms with Crippen LogP contribution in [-0.4, -0.2) is 47.2 Å². The number of imide groups is 1. The molecule has 0 aromatic heterocycles. The first-order valence-corrected chi connectivity index (χ1v) is 8.21. The summed E-state index contributed by atoms with van der Waals surface area (Å²) in [5.41, 5.74) is 1.69. The number of hydrogen-bond donors (Lipinski definition) is 1. The lowest BCUT2D eigenvalue weighted by atomic mass is 10.0. The number of rotatable bonds is 1. The van der Waals surface area contributed by atoms with Crippen molar-refractivity contribution >= 4 is 17.8 Å². The van der Waals surface area contributed by atoms with Crippen LogP contribution in [0.15, 0.2) is 24.3 Å². The van der Waals surface area contributed by atoms with Crippen molar-refractivity contribution in [1.29, 1.82) is 0 Å². The van der Waals surface area contributed by atoms with E-state index in [0.717, 1.165) is 29.0 Å². The summed E-state index contributed by atoms with van der Waals surface area (Å²) in [6, 6.07) is 8.10. The lowest BCUT2D eigenvalue weighted by Crippen LogP contribution is -2.47. The Labute approximate surface area is 135 Å². The van der Waals surface area contributed by atoms with E-state index < -0.39 is 12.1 Å². The van der Waals surface area contributed by atoms with Crippen molar-refractivity contribution < 1.29 is 14.3 Å². The first-order valence-electron chi connectivity index (χ1n) is 8.21. The molecule has 6 heteroatoms. The van der Waals surface area contributed by atoms with Crippen LogP contribution in [0.3, 0.4) is 0 Å². The molecule has 3 atom stereocenters. The smallest absolute Gasteiger partial charge is 0.418 e. The number of nitrogens with one attached hydrogen (secondary N) is 1. The van der Waals surface area contributed by atoms with Gasteiger partial charge < -0.3 is 15.0 Å². The fourth-order valence-electron chi connectivity index (χ4n) is 4.02. The van der Waals surface area contributed by atoms with Gasteiger partial charge in [-0.2, -0.15) is 0 Å². The number of urea groups is 1. The monoisotopic (exact) mass is 315 g/mol. The van der Waals surface area contributed by atoms with Crippen molar-refractivity contribution in [3.8, 4) is 0 Å². The Kier molecular flexibility index (Phi) is 3.49. The fraction of sp³-hybridized carbons (Fsp3) is 0.529. The highest BCUT2D eigenvalue weighted by Gasteiger charge is 2.41. The minimum absolute atomic E-state index is 0.0822. The maximum Gasteiger partial charge on any atom is 0.418 e. The number of ether oxygens (including phenoxy) is 1. The standard InChI is InChI=1S/C17H21N3O3/c1-19-12-6-7-13(19)9-14(8-12)23-17(22)20-10-11-4-2-3-5-15(11)18-16(20)21/h2-5,12-14H,6-10H2,1H3,(H,18,21)/t12-,13+,14+. The molecule has 3 aliphatic rings. The number of anilines is 1. The van der Waals surface area contributed by atoms with Crippen molar-refractivity contribution in [2.24, 2.45) is 0 Å². The fourth-order valence-corrected chi connectivity index (χ4v) is 4.02. The van der Waals surface area contributed by atoms with Crippen LogP contribution in [0.2, 0.25) is 0 Å². The normalized spacial score (nSPS) is 29.9. The minimum atomic E-state index is -0.536. The van der Waals surface area contributed by atoms with E-state index in [1.54, 1.807) is 0 Å². The number of amides is 3. The van der Waals surface area contributed by atoms with Gasteiger partial charge in [0.05, 0.1) is 6.54 Å². The van der Waals surface area contributed by atoms with Crippen LogP contribution >= 0.6 is 0 Å². The first-order chi connectivity index (χ1) is 11.1. The number of carbonyl (C=O) groups is 2. The van der Waals surface area contributed by atoms with E-state index in [9.17, 15) is 9.59 Å². The van der Waals surface area contributed by atoms with Crippen LogP contribution in [0.5, 0.6) is 0 Å². The molecular formula is C17H21N3O3. The Morgan fingerprint density at radius 1 is 1.22 bits per heavy atom. The number of carbonyl (C=O) groups excluding carboxylic acids is 2. The molecule has 0 spiro atoms. The number of hydrogen-bond acceptors (Lipinski definition) is 4. The van der Waals surface area contributed by atoms with E-state index >= 15 is 0 Å². The highest BCUT2D eigenvalue weighted by atomic mass is 16.6. The number of para-hydroxylation sites is 1. The SMILES string of the molecule is CN1[C@@H]2CC[C@H]1C[C@@H](OC(=O)N1Cc3ccccc3NC1=O)C2. The van der Waals surface area contributed by atoms with Gasteiger partial charge in [0.1, 0.15) is 6.10 Å². The predicted molar refractivity (Wildman–Crippen MR) is 85.1 cm³/mol. The van der Waals surface area contributed by atoms with Gasteiger partial charge >= 0.3 is 12.1 Å². The van der Waals surface area contributed by atoms with E-state index in [-0.39, 0.29) is 12.6 Å². The Morgan fingerprint density at radius 2 is 1.91 bits per heavy atom. The van der Waals surface area contributed by atoms with Crippen molar-refractivity contribution in [2.45, 2.75) is 50.4 Å². The number of fused-ring (bicyclic) bond motifs is 3. The highest BCUT2D eigenvalue weighted by molar-refractivity contribution is 6.01. The second kappa shape index (κ2) is 5.53. The average molecular weight is 315 g/mol. The third-order valence-corrected chi connectivity index (χ3v) is 5.38. The summed E-state index contributed by atoms with van der Waals surface area (Å²) in [5, 5.41) is 2.74. The molecule has 3 heterocycles. The third kappa shape index (κ3) is 2.57. The highest BCUT2D eigenvalue weighted by Crippen LogP contribution is 2.36. The van der Waals surface area contributed by atoms with Gasteiger partial charge in [0.15, 0.2) is 0 Å². The first kappa shape index (κ1) is 14.5. The van der Waals surface area contributed by atoms with Gasteiger partial charge in [-0.3, -0.25) is 0 Å². The van der Waals surface area contributed by atoms with E-state index in [4.69, 9.17) is 4.74 Å². The second-order valence-electron chi connectivity index (χ2n) is 6.70. The zero-order valence-electron chi connectivity index (χ0n) is 13.2. The van der Waals surface area contributed by atoms with Gasteiger partial charge in [-0.1, -0.05) is 18.2 Å². The molecule has 122 valence electrons. The summed E-state index contributed by atoms with van der Waals surface area (Å²) in [6.07, 6.45) is 3.46. The zero-order chi connectivity index (χ0) is 16.0. The molecule has 1 aromatic rings. The molecule has 1 aromatic carbocycles. The quantitative estimate of drug-likeness (QED) is 0.865. The predicted octanol–water partition coefficient (Wildman–Crippen LogP) is 2.80. The largest absolute Gasteiger partial charge is 0.446 e. The molecule has 1 N–H and O–H groups in total. The van der Waals surface area contributed by atoms with Gasteiger partial charge in [0.2, 0.25) is 0 Å². The maximum atomic E-state index is 12.4. The van der Waals surface area contributed by atoms with E-state index in [1.165, 1.54) is 12.8 Å². The molecule has 6 nitrogen and oxygen atoms in total. The van der Waals surface area contributed by atoms with Crippen molar-refractivity contribution in [3.05, 3.63) is 29.8 Å². The summed E-state index contributed by atoms with van der Waals surface area (Å²) in [7, 11) is 2.15. The van der Waals surface area contributed by atoms with Crippen molar-refractivity contribution in [1.82, 2.24) is 9.80 Å². The summed E-state index contributed by atoms with van der Waals surface area (Å²) in [6.45, 7) is 0.264. The molecule has 3 amide bonds.